The summed E-state index contributed by atoms with van der Waals surface area (Å²) < 4.78 is 0. The molecular weight excluding hydrogens is 274 g/mol. The number of piperidine rings is 1. The lowest BCUT2D eigenvalue weighted by atomic mass is 10.1. The van der Waals surface area contributed by atoms with E-state index in [1.807, 2.05) is 25.1 Å². The van der Waals surface area contributed by atoms with Gasteiger partial charge in [0.15, 0.2) is 0 Å². The molecule has 1 saturated heterocycles. The number of aromatic nitrogens is 1. The van der Waals surface area contributed by atoms with E-state index in [9.17, 15) is 4.79 Å². The van der Waals surface area contributed by atoms with Gasteiger partial charge in [0.25, 0.3) is 5.91 Å². The second-order valence-electron chi connectivity index (χ2n) is 5.34. The van der Waals surface area contributed by atoms with Gasteiger partial charge in [-0.25, -0.2) is 0 Å². The number of fused-ring (bicyclic) bond motifs is 1. The lowest BCUT2D eigenvalue weighted by Crippen LogP contribution is -2.45. The molecule has 20 heavy (non-hydrogen) atoms. The molecule has 0 saturated carbocycles. The summed E-state index contributed by atoms with van der Waals surface area (Å²) in [6.07, 6.45) is 2.14. The topological polar surface area (TPSA) is 56.9 Å². The fourth-order valence-electron chi connectivity index (χ4n) is 2.68. The molecule has 1 fully saturated rings. The van der Waals surface area contributed by atoms with Gasteiger partial charge in [-0.3, -0.25) is 4.79 Å². The van der Waals surface area contributed by atoms with Crippen molar-refractivity contribution in [2.75, 3.05) is 13.1 Å². The molecule has 1 aliphatic rings. The van der Waals surface area contributed by atoms with E-state index in [0.29, 0.717) is 10.7 Å². The van der Waals surface area contributed by atoms with E-state index in [1.54, 1.807) is 0 Å². The van der Waals surface area contributed by atoms with Gasteiger partial charge in [0.05, 0.1) is 5.52 Å². The molecule has 0 bridgehead atoms. The maximum Gasteiger partial charge on any atom is 0.267 e. The van der Waals surface area contributed by atoms with Crippen LogP contribution in [0.2, 0.25) is 5.02 Å². The highest BCUT2D eigenvalue weighted by Crippen LogP contribution is 2.25. The van der Waals surface area contributed by atoms with E-state index in [4.69, 9.17) is 11.6 Å². The summed E-state index contributed by atoms with van der Waals surface area (Å²) in [6, 6.07) is 5.89. The van der Waals surface area contributed by atoms with E-state index in [2.05, 4.69) is 15.6 Å². The lowest BCUT2D eigenvalue weighted by molar-refractivity contribution is 0.0926. The van der Waals surface area contributed by atoms with Gasteiger partial charge in [-0.05, 0) is 44.0 Å². The zero-order valence-corrected chi connectivity index (χ0v) is 12.2. The Bertz CT molecular complexity index is 644. The molecule has 106 valence electrons. The third kappa shape index (κ3) is 2.53. The van der Waals surface area contributed by atoms with Crippen LogP contribution in [0, 0.1) is 6.92 Å². The van der Waals surface area contributed by atoms with Crippen molar-refractivity contribution in [2.24, 2.45) is 0 Å². The smallest absolute Gasteiger partial charge is 0.267 e. The maximum atomic E-state index is 12.3. The van der Waals surface area contributed by atoms with Gasteiger partial charge in [-0.2, -0.15) is 0 Å². The summed E-state index contributed by atoms with van der Waals surface area (Å²) in [5.74, 6) is -0.0505. The maximum absolute atomic E-state index is 12.3. The largest absolute Gasteiger partial charge is 0.350 e. The number of rotatable bonds is 2. The number of aromatic amines is 1. The molecule has 1 atom stereocenters. The number of hydrogen-bond donors (Lipinski definition) is 3. The van der Waals surface area contributed by atoms with Crippen LogP contribution in [0.25, 0.3) is 10.9 Å². The minimum atomic E-state index is -0.0505. The first kappa shape index (κ1) is 13.5. The van der Waals surface area contributed by atoms with Gasteiger partial charge in [-0.15, -0.1) is 0 Å². The van der Waals surface area contributed by atoms with Crippen LogP contribution in [-0.4, -0.2) is 30.0 Å². The molecular formula is C15H18ClN3O. The fraction of sp³-hybridized carbons (Fsp3) is 0.400. The molecule has 1 aromatic carbocycles. The molecule has 1 aliphatic heterocycles. The van der Waals surface area contributed by atoms with Crippen LogP contribution in [0.15, 0.2) is 18.2 Å². The predicted molar refractivity (Wildman–Crippen MR) is 81.4 cm³/mol. The average Bonchev–Trinajstić information content (AvgIpc) is 2.89. The zero-order chi connectivity index (χ0) is 14.1. The predicted octanol–water partition coefficient (Wildman–Crippen LogP) is 2.61. The minimum Gasteiger partial charge on any atom is -0.350 e. The van der Waals surface area contributed by atoms with Crippen molar-refractivity contribution < 1.29 is 4.79 Å². The van der Waals surface area contributed by atoms with Gasteiger partial charge in [-0.1, -0.05) is 17.7 Å². The van der Waals surface area contributed by atoms with Crippen LogP contribution < -0.4 is 10.6 Å². The monoisotopic (exact) mass is 291 g/mol. The molecule has 0 aliphatic carbocycles. The molecule has 3 N–H and O–H groups in total. The van der Waals surface area contributed by atoms with Crippen molar-refractivity contribution in [1.29, 1.82) is 0 Å². The summed E-state index contributed by atoms with van der Waals surface area (Å²) in [6.45, 7) is 3.83. The first-order valence-electron chi connectivity index (χ1n) is 6.94. The number of carbonyl (C=O) groups is 1. The Kier molecular flexibility index (Phi) is 3.68. The number of aryl methyl sites for hydroxylation is 1. The Morgan fingerprint density at radius 2 is 2.30 bits per heavy atom. The Hall–Kier alpha value is -1.52. The van der Waals surface area contributed by atoms with Crippen molar-refractivity contribution >= 4 is 28.4 Å². The normalized spacial score (nSPS) is 19.2. The van der Waals surface area contributed by atoms with Gasteiger partial charge < -0.3 is 15.6 Å². The van der Waals surface area contributed by atoms with Crippen LogP contribution in [0.5, 0.6) is 0 Å². The Morgan fingerprint density at radius 1 is 1.45 bits per heavy atom. The number of hydrogen-bond acceptors (Lipinski definition) is 2. The number of carbonyl (C=O) groups excluding carboxylic acids is 1. The van der Waals surface area contributed by atoms with E-state index in [0.717, 1.165) is 42.4 Å². The van der Waals surface area contributed by atoms with Gasteiger partial charge in [0, 0.05) is 23.0 Å². The molecule has 5 heteroatoms. The van der Waals surface area contributed by atoms with Crippen LogP contribution in [-0.2, 0) is 0 Å². The van der Waals surface area contributed by atoms with Crippen LogP contribution in [0.4, 0.5) is 0 Å². The Balaban J connectivity index is 1.82. The summed E-state index contributed by atoms with van der Waals surface area (Å²) >= 11 is 6.10. The molecule has 1 amide bonds. The molecule has 0 radical (unpaired) electrons. The lowest BCUT2D eigenvalue weighted by Gasteiger charge is -2.23. The van der Waals surface area contributed by atoms with E-state index in [1.165, 1.54) is 0 Å². The third-order valence-electron chi connectivity index (χ3n) is 3.87. The molecule has 2 heterocycles. The summed E-state index contributed by atoms with van der Waals surface area (Å²) in [5.41, 5.74) is 2.50. The van der Waals surface area contributed by atoms with Gasteiger partial charge in [0.2, 0.25) is 0 Å². The molecule has 2 aromatic rings. The van der Waals surface area contributed by atoms with Crippen molar-refractivity contribution in [3.05, 3.63) is 34.5 Å². The SMILES string of the molecule is Cc1c(Cl)ccc2cc(C(=O)NC3CCCNC3)[nH]c12. The van der Waals surface area contributed by atoms with Crippen molar-refractivity contribution in [3.8, 4) is 0 Å². The number of amides is 1. The van der Waals surface area contributed by atoms with Crippen molar-refractivity contribution in [3.63, 3.8) is 0 Å². The number of nitrogens with one attached hydrogen (secondary N) is 3. The number of benzene rings is 1. The average molecular weight is 292 g/mol. The van der Waals surface area contributed by atoms with Gasteiger partial charge in [0.1, 0.15) is 5.69 Å². The zero-order valence-electron chi connectivity index (χ0n) is 11.4. The van der Waals surface area contributed by atoms with Crippen LogP contribution in [0.3, 0.4) is 0 Å². The van der Waals surface area contributed by atoms with Crippen LogP contribution in [0.1, 0.15) is 28.9 Å². The molecule has 1 aromatic heterocycles. The second-order valence-corrected chi connectivity index (χ2v) is 5.74. The van der Waals surface area contributed by atoms with Gasteiger partial charge >= 0.3 is 0 Å². The van der Waals surface area contributed by atoms with Crippen molar-refractivity contribution in [2.45, 2.75) is 25.8 Å². The minimum absolute atomic E-state index is 0.0505. The van der Waals surface area contributed by atoms with Crippen molar-refractivity contribution in [1.82, 2.24) is 15.6 Å². The fourth-order valence-corrected chi connectivity index (χ4v) is 2.84. The summed E-state index contributed by atoms with van der Waals surface area (Å²) in [5, 5.41) is 8.08. The highest BCUT2D eigenvalue weighted by molar-refractivity contribution is 6.32. The highest BCUT2D eigenvalue weighted by Gasteiger charge is 2.18. The second kappa shape index (κ2) is 5.46. The van der Waals surface area contributed by atoms with E-state index < -0.39 is 0 Å². The summed E-state index contributed by atoms with van der Waals surface area (Å²) in [7, 11) is 0. The number of halogens is 1. The molecule has 0 spiro atoms. The van der Waals surface area contributed by atoms with E-state index >= 15 is 0 Å². The third-order valence-corrected chi connectivity index (χ3v) is 4.28. The molecule has 1 unspecified atom stereocenters. The standard InChI is InChI=1S/C15H18ClN3O/c1-9-12(16)5-4-10-7-13(19-14(9)10)15(20)18-11-3-2-6-17-8-11/h4-5,7,11,17,19H,2-3,6,8H2,1H3,(H,18,20). The molecule has 3 rings (SSSR count). The quantitative estimate of drug-likeness (QED) is 0.797. The molecule has 4 nitrogen and oxygen atoms in total. The van der Waals surface area contributed by atoms with Crippen LogP contribution >= 0.6 is 11.6 Å². The first-order chi connectivity index (χ1) is 9.65. The van der Waals surface area contributed by atoms with E-state index in [-0.39, 0.29) is 11.9 Å². The number of H-pyrrole nitrogens is 1. The Labute approximate surface area is 122 Å². The highest BCUT2D eigenvalue weighted by atomic mass is 35.5. The summed E-state index contributed by atoms with van der Waals surface area (Å²) in [4.78, 5) is 15.5. The first-order valence-corrected chi connectivity index (χ1v) is 7.32. The Morgan fingerprint density at radius 3 is 3.05 bits per heavy atom.